The fourth-order valence-electron chi connectivity index (χ4n) is 1.16. The van der Waals surface area contributed by atoms with Gasteiger partial charge in [0.1, 0.15) is 0 Å². The second-order valence-corrected chi connectivity index (χ2v) is 3.09. The molecule has 0 radical (unpaired) electrons. The summed E-state index contributed by atoms with van der Waals surface area (Å²) >= 11 is 0. The molecule has 0 saturated carbocycles. The van der Waals surface area contributed by atoms with Crippen molar-refractivity contribution < 1.29 is 9.90 Å². The van der Waals surface area contributed by atoms with E-state index in [0.29, 0.717) is 13.0 Å². The fraction of sp³-hybridized carbons (Fsp3) is 0.200. The normalized spacial score (nSPS) is 9.60. The summed E-state index contributed by atoms with van der Waals surface area (Å²) in [6.45, 7) is 0.571. The Hall–Kier alpha value is -2.04. The van der Waals surface area contributed by atoms with Gasteiger partial charge in [0.25, 0.3) is 0 Å². The first-order chi connectivity index (χ1) is 7.09. The van der Waals surface area contributed by atoms with Crippen molar-refractivity contribution in [3.8, 4) is 0 Å². The number of nitrogens with two attached hydrogens (primary N) is 1. The highest BCUT2D eigenvalue weighted by Crippen LogP contribution is 2.04. The first-order valence-electron chi connectivity index (χ1n) is 4.49. The van der Waals surface area contributed by atoms with Gasteiger partial charge >= 0.3 is 5.97 Å². The van der Waals surface area contributed by atoms with E-state index in [4.69, 9.17) is 16.2 Å². The van der Waals surface area contributed by atoms with Gasteiger partial charge in [-0.2, -0.15) is 0 Å². The molecule has 0 aliphatic heterocycles. The zero-order valence-corrected chi connectivity index (χ0v) is 8.16. The molecule has 15 heavy (non-hydrogen) atoms. The average Bonchev–Trinajstić information content (AvgIpc) is 2.18. The number of rotatable bonds is 4. The highest BCUT2D eigenvalue weighted by atomic mass is 16.4. The van der Waals surface area contributed by atoms with Crippen LogP contribution in [0.25, 0.3) is 0 Å². The lowest BCUT2D eigenvalue weighted by molar-refractivity contribution is 0.0697. The van der Waals surface area contributed by atoms with Crippen molar-refractivity contribution in [2.24, 2.45) is 5.73 Å². The summed E-state index contributed by atoms with van der Waals surface area (Å²) in [6.07, 6.45) is 0.708. The van der Waals surface area contributed by atoms with Crippen molar-refractivity contribution in [2.75, 3.05) is 6.54 Å². The zero-order chi connectivity index (χ0) is 11.3. The Kier molecular flexibility index (Phi) is 3.68. The standard InChI is InChI=1S/C10H13N3O2/c11-10(12)13-6-5-7-1-3-8(4-2-7)9(14)15/h1-4H,5-6H2,(H,14,15)(H4,11,12,13). The molecule has 0 amide bonds. The fourth-order valence-corrected chi connectivity index (χ4v) is 1.16. The van der Waals surface area contributed by atoms with E-state index in [1.165, 1.54) is 0 Å². The molecule has 1 aromatic carbocycles. The van der Waals surface area contributed by atoms with Gasteiger partial charge in [0, 0.05) is 6.54 Å². The topological polar surface area (TPSA) is 99.2 Å². The first-order valence-corrected chi connectivity index (χ1v) is 4.49. The molecule has 1 rings (SSSR count). The second kappa shape index (κ2) is 4.99. The van der Waals surface area contributed by atoms with Crippen LogP contribution in [0.2, 0.25) is 0 Å². The van der Waals surface area contributed by atoms with Crippen molar-refractivity contribution in [3.05, 3.63) is 35.4 Å². The number of carbonyl (C=O) groups is 1. The van der Waals surface area contributed by atoms with Crippen LogP contribution in [0.4, 0.5) is 0 Å². The lowest BCUT2D eigenvalue weighted by Gasteiger charge is -2.03. The van der Waals surface area contributed by atoms with Crippen LogP contribution >= 0.6 is 0 Å². The lowest BCUT2D eigenvalue weighted by atomic mass is 10.1. The van der Waals surface area contributed by atoms with Crippen molar-refractivity contribution in [1.82, 2.24) is 5.32 Å². The molecular weight excluding hydrogens is 194 g/mol. The van der Waals surface area contributed by atoms with E-state index < -0.39 is 5.97 Å². The number of carboxylic acids is 1. The maximum atomic E-state index is 10.6. The number of carboxylic acid groups (broad SMARTS) is 1. The van der Waals surface area contributed by atoms with Gasteiger partial charge in [-0.3, -0.25) is 5.41 Å². The third-order valence-electron chi connectivity index (χ3n) is 1.93. The van der Waals surface area contributed by atoms with Gasteiger partial charge in [-0.15, -0.1) is 0 Å². The van der Waals surface area contributed by atoms with Crippen LogP contribution < -0.4 is 11.1 Å². The number of hydrogen-bond acceptors (Lipinski definition) is 2. The molecule has 5 heteroatoms. The van der Waals surface area contributed by atoms with E-state index >= 15 is 0 Å². The molecule has 0 bridgehead atoms. The lowest BCUT2D eigenvalue weighted by Crippen LogP contribution is -2.31. The summed E-state index contributed by atoms with van der Waals surface area (Å²) in [4.78, 5) is 10.6. The summed E-state index contributed by atoms with van der Waals surface area (Å²) < 4.78 is 0. The van der Waals surface area contributed by atoms with Crippen molar-refractivity contribution in [2.45, 2.75) is 6.42 Å². The van der Waals surface area contributed by atoms with Gasteiger partial charge < -0.3 is 16.2 Å². The molecule has 0 heterocycles. The van der Waals surface area contributed by atoms with E-state index in [-0.39, 0.29) is 11.5 Å². The van der Waals surface area contributed by atoms with Crippen molar-refractivity contribution in [1.29, 1.82) is 5.41 Å². The summed E-state index contributed by atoms with van der Waals surface area (Å²) in [5.41, 5.74) is 6.40. The number of benzene rings is 1. The largest absolute Gasteiger partial charge is 0.478 e. The Bertz CT molecular complexity index is 359. The monoisotopic (exact) mass is 207 g/mol. The number of nitrogens with one attached hydrogen (secondary N) is 2. The van der Waals surface area contributed by atoms with Gasteiger partial charge in [0.05, 0.1) is 5.56 Å². The van der Waals surface area contributed by atoms with Crippen LogP contribution in [0, 0.1) is 5.41 Å². The Labute approximate surface area is 87.4 Å². The van der Waals surface area contributed by atoms with E-state index in [2.05, 4.69) is 5.32 Å². The maximum Gasteiger partial charge on any atom is 0.335 e. The molecule has 0 saturated heterocycles. The van der Waals surface area contributed by atoms with Crippen LogP contribution in [0.15, 0.2) is 24.3 Å². The quantitative estimate of drug-likeness (QED) is 0.424. The predicted molar refractivity (Wildman–Crippen MR) is 57.0 cm³/mol. The molecule has 5 nitrogen and oxygen atoms in total. The van der Waals surface area contributed by atoms with Crippen molar-refractivity contribution in [3.63, 3.8) is 0 Å². The van der Waals surface area contributed by atoms with Gasteiger partial charge in [-0.05, 0) is 24.1 Å². The van der Waals surface area contributed by atoms with Crippen molar-refractivity contribution >= 4 is 11.9 Å². The molecule has 80 valence electrons. The van der Waals surface area contributed by atoms with Gasteiger partial charge in [0.15, 0.2) is 5.96 Å². The molecule has 0 fully saturated rings. The molecule has 1 aromatic rings. The molecule has 0 unspecified atom stereocenters. The highest BCUT2D eigenvalue weighted by molar-refractivity contribution is 5.87. The van der Waals surface area contributed by atoms with E-state index in [1.54, 1.807) is 24.3 Å². The number of hydrogen-bond donors (Lipinski definition) is 4. The minimum absolute atomic E-state index is 0.0582. The Balaban J connectivity index is 2.50. The third-order valence-corrected chi connectivity index (χ3v) is 1.93. The minimum Gasteiger partial charge on any atom is -0.478 e. The molecule has 0 aliphatic rings. The van der Waals surface area contributed by atoms with Crippen LogP contribution in [0.1, 0.15) is 15.9 Å². The Morgan fingerprint density at radius 1 is 1.40 bits per heavy atom. The van der Waals surface area contributed by atoms with E-state index in [1.807, 2.05) is 0 Å². The second-order valence-electron chi connectivity index (χ2n) is 3.09. The summed E-state index contributed by atoms with van der Waals surface area (Å²) in [7, 11) is 0. The van der Waals surface area contributed by atoms with E-state index in [9.17, 15) is 4.79 Å². The predicted octanol–water partition coefficient (Wildman–Crippen LogP) is 0.410. The first kappa shape index (κ1) is 11.0. The van der Waals surface area contributed by atoms with Crippen LogP contribution in [-0.2, 0) is 6.42 Å². The maximum absolute atomic E-state index is 10.6. The number of guanidine groups is 1. The van der Waals surface area contributed by atoms with Gasteiger partial charge in [0.2, 0.25) is 0 Å². The SMILES string of the molecule is N=C(N)NCCc1ccc(C(=O)O)cc1. The summed E-state index contributed by atoms with van der Waals surface area (Å²) in [5.74, 6) is -0.986. The average molecular weight is 207 g/mol. The molecule has 0 spiro atoms. The minimum atomic E-state index is -0.927. The van der Waals surface area contributed by atoms with Gasteiger partial charge in [-0.1, -0.05) is 12.1 Å². The summed E-state index contributed by atoms with van der Waals surface area (Å²) in [6, 6.07) is 6.63. The Morgan fingerprint density at radius 3 is 2.47 bits per heavy atom. The molecule has 5 N–H and O–H groups in total. The highest BCUT2D eigenvalue weighted by Gasteiger charge is 2.01. The smallest absolute Gasteiger partial charge is 0.335 e. The van der Waals surface area contributed by atoms with Gasteiger partial charge in [-0.25, -0.2) is 4.79 Å². The molecule has 0 aromatic heterocycles. The van der Waals surface area contributed by atoms with Crippen LogP contribution in [0.5, 0.6) is 0 Å². The molecule has 0 aliphatic carbocycles. The third kappa shape index (κ3) is 3.68. The number of aromatic carboxylic acids is 1. The van der Waals surface area contributed by atoms with Crippen LogP contribution in [0.3, 0.4) is 0 Å². The molecular formula is C10H13N3O2. The molecule has 0 atom stereocenters. The van der Waals surface area contributed by atoms with Crippen LogP contribution in [-0.4, -0.2) is 23.6 Å². The van der Waals surface area contributed by atoms with E-state index in [0.717, 1.165) is 5.56 Å². The summed E-state index contributed by atoms with van der Waals surface area (Å²) in [5, 5.41) is 18.3. The zero-order valence-electron chi connectivity index (χ0n) is 8.16. The Morgan fingerprint density at radius 2 is 2.00 bits per heavy atom.